The topological polar surface area (TPSA) is 92.3 Å². The first-order valence-electron chi connectivity index (χ1n) is 6.26. The summed E-state index contributed by atoms with van der Waals surface area (Å²) in [6.45, 7) is 3.42. The van der Waals surface area contributed by atoms with E-state index in [4.69, 9.17) is 0 Å². The van der Waals surface area contributed by atoms with Gasteiger partial charge in [0.1, 0.15) is 0 Å². The van der Waals surface area contributed by atoms with Gasteiger partial charge in [-0.3, -0.25) is 0 Å². The van der Waals surface area contributed by atoms with Gasteiger partial charge in [-0.05, 0) is 32.4 Å². The van der Waals surface area contributed by atoms with Crippen LogP contribution in [0.5, 0.6) is 0 Å². The molecule has 2 N–H and O–H groups in total. The normalized spacial score (nSPS) is 23.9. The third-order valence-corrected chi connectivity index (χ3v) is 6.17. The smallest absolute Gasteiger partial charge is 0.211 e. The van der Waals surface area contributed by atoms with Crippen molar-refractivity contribution in [2.75, 3.05) is 30.3 Å². The monoisotopic (exact) mass is 298 g/mol. The maximum atomic E-state index is 11.7. The van der Waals surface area contributed by atoms with Crippen molar-refractivity contribution in [2.24, 2.45) is 0 Å². The number of nitrogens with one attached hydrogen (secondary N) is 2. The summed E-state index contributed by atoms with van der Waals surface area (Å²) < 4.78 is 48.8. The molecule has 0 aliphatic carbocycles. The minimum atomic E-state index is -3.37. The summed E-state index contributed by atoms with van der Waals surface area (Å²) in [4.78, 5) is 0. The summed E-state index contributed by atoms with van der Waals surface area (Å²) in [5, 5.41) is 3.05. The van der Waals surface area contributed by atoms with Crippen LogP contribution in [0.25, 0.3) is 0 Å². The Hall–Kier alpha value is -0.180. The molecule has 1 fully saturated rings. The van der Waals surface area contributed by atoms with E-state index in [1.807, 2.05) is 6.92 Å². The summed E-state index contributed by atoms with van der Waals surface area (Å²) in [5.74, 6) is 0.141. The molecule has 0 radical (unpaired) electrons. The van der Waals surface area contributed by atoms with Crippen LogP contribution in [0.1, 0.15) is 26.2 Å². The first-order valence-corrected chi connectivity index (χ1v) is 9.73. The van der Waals surface area contributed by atoms with Crippen molar-refractivity contribution in [1.82, 2.24) is 10.0 Å². The molecule has 108 valence electrons. The number of sulfone groups is 1. The molecule has 0 aromatic heterocycles. The van der Waals surface area contributed by atoms with Crippen LogP contribution in [-0.2, 0) is 19.9 Å². The van der Waals surface area contributed by atoms with Gasteiger partial charge < -0.3 is 5.32 Å². The van der Waals surface area contributed by atoms with E-state index in [1.165, 1.54) is 0 Å². The molecule has 1 aliphatic rings. The van der Waals surface area contributed by atoms with Gasteiger partial charge in [0.25, 0.3) is 0 Å². The van der Waals surface area contributed by atoms with E-state index in [2.05, 4.69) is 10.0 Å². The molecule has 1 atom stereocenters. The SMILES string of the molecule is CCNCCCS(=O)(=O)NC1CCCS(=O)(=O)C1. The van der Waals surface area contributed by atoms with Gasteiger partial charge in [-0.2, -0.15) is 0 Å². The molecule has 0 saturated carbocycles. The molecule has 18 heavy (non-hydrogen) atoms. The number of hydrogen-bond acceptors (Lipinski definition) is 5. The van der Waals surface area contributed by atoms with Gasteiger partial charge in [-0.1, -0.05) is 6.92 Å². The lowest BCUT2D eigenvalue weighted by Crippen LogP contribution is -2.44. The number of rotatable bonds is 7. The molecule has 1 unspecified atom stereocenters. The molecule has 0 aromatic rings. The molecule has 1 rings (SSSR count). The minimum absolute atomic E-state index is 0.0382. The molecular formula is C10H22N2O4S2. The van der Waals surface area contributed by atoms with Crippen molar-refractivity contribution < 1.29 is 16.8 Å². The Morgan fingerprint density at radius 3 is 2.67 bits per heavy atom. The second kappa shape index (κ2) is 6.83. The predicted octanol–water partition coefficient (Wildman–Crippen LogP) is -0.517. The van der Waals surface area contributed by atoms with Crippen LogP contribution >= 0.6 is 0 Å². The third-order valence-electron chi connectivity index (χ3n) is 2.83. The zero-order chi connectivity index (χ0) is 13.6. The predicted molar refractivity (Wildman–Crippen MR) is 71.8 cm³/mol. The Morgan fingerprint density at radius 1 is 1.33 bits per heavy atom. The largest absolute Gasteiger partial charge is 0.317 e. The average molecular weight is 298 g/mol. The van der Waals surface area contributed by atoms with Gasteiger partial charge in [-0.25, -0.2) is 21.6 Å². The zero-order valence-electron chi connectivity index (χ0n) is 10.7. The van der Waals surface area contributed by atoms with E-state index in [0.29, 0.717) is 25.8 Å². The Kier molecular flexibility index (Phi) is 6.03. The highest BCUT2D eigenvalue weighted by molar-refractivity contribution is 7.91. The summed E-state index contributed by atoms with van der Waals surface area (Å²) >= 11 is 0. The van der Waals surface area contributed by atoms with Crippen molar-refractivity contribution in [2.45, 2.75) is 32.2 Å². The lowest BCUT2D eigenvalue weighted by molar-refractivity contribution is 0.516. The summed E-state index contributed by atoms with van der Waals surface area (Å²) in [6, 6.07) is -0.451. The van der Waals surface area contributed by atoms with Crippen LogP contribution in [0, 0.1) is 0 Å². The van der Waals surface area contributed by atoms with E-state index in [9.17, 15) is 16.8 Å². The van der Waals surface area contributed by atoms with E-state index >= 15 is 0 Å². The molecule has 1 saturated heterocycles. The zero-order valence-corrected chi connectivity index (χ0v) is 12.3. The van der Waals surface area contributed by atoms with Gasteiger partial charge in [0, 0.05) is 6.04 Å². The highest BCUT2D eigenvalue weighted by atomic mass is 32.2. The summed E-state index contributed by atoms with van der Waals surface area (Å²) in [5.41, 5.74) is 0. The lowest BCUT2D eigenvalue weighted by Gasteiger charge is -2.22. The van der Waals surface area contributed by atoms with Gasteiger partial charge in [0.15, 0.2) is 9.84 Å². The second-order valence-electron chi connectivity index (χ2n) is 4.60. The molecule has 0 aromatic carbocycles. The van der Waals surface area contributed by atoms with E-state index < -0.39 is 25.9 Å². The number of sulfonamides is 1. The van der Waals surface area contributed by atoms with Gasteiger partial charge in [-0.15, -0.1) is 0 Å². The summed E-state index contributed by atoms with van der Waals surface area (Å²) in [6.07, 6.45) is 1.67. The van der Waals surface area contributed by atoms with E-state index in [-0.39, 0.29) is 17.3 Å². The van der Waals surface area contributed by atoms with Crippen LogP contribution in [0.15, 0.2) is 0 Å². The van der Waals surface area contributed by atoms with Crippen molar-refractivity contribution >= 4 is 19.9 Å². The fourth-order valence-electron chi connectivity index (χ4n) is 1.99. The van der Waals surface area contributed by atoms with Crippen molar-refractivity contribution in [3.63, 3.8) is 0 Å². The molecule has 1 heterocycles. The van der Waals surface area contributed by atoms with Crippen LogP contribution in [0.3, 0.4) is 0 Å². The fraction of sp³-hybridized carbons (Fsp3) is 1.00. The highest BCUT2D eigenvalue weighted by Gasteiger charge is 2.27. The fourth-order valence-corrected chi connectivity index (χ4v) is 5.09. The summed E-state index contributed by atoms with van der Waals surface area (Å²) in [7, 11) is -6.44. The Bertz CT molecular complexity index is 444. The van der Waals surface area contributed by atoms with Crippen molar-refractivity contribution in [3.8, 4) is 0 Å². The average Bonchev–Trinajstić information content (AvgIpc) is 2.22. The minimum Gasteiger partial charge on any atom is -0.317 e. The second-order valence-corrected chi connectivity index (χ2v) is 8.70. The van der Waals surface area contributed by atoms with Crippen LogP contribution in [0.4, 0.5) is 0 Å². The Morgan fingerprint density at radius 2 is 2.06 bits per heavy atom. The number of hydrogen-bond donors (Lipinski definition) is 2. The van der Waals surface area contributed by atoms with Crippen molar-refractivity contribution in [3.05, 3.63) is 0 Å². The van der Waals surface area contributed by atoms with Gasteiger partial charge in [0.2, 0.25) is 10.0 Å². The third kappa shape index (κ3) is 6.12. The van der Waals surface area contributed by atoms with Crippen LogP contribution < -0.4 is 10.0 Å². The molecule has 0 spiro atoms. The molecule has 6 nitrogen and oxygen atoms in total. The molecule has 8 heteroatoms. The first kappa shape index (κ1) is 15.9. The lowest BCUT2D eigenvalue weighted by atomic mass is 10.2. The maximum Gasteiger partial charge on any atom is 0.211 e. The Balaban J connectivity index is 2.40. The van der Waals surface area contributed by atoms with Crippen LogP contribution in [0.2, 0.25) is 0 Å². The van der Waals surface area contributed by atoms with Gasteiger partial charge in [0.05, 0.1) is 17.3 Å². The highest BCUT2D eigenvalue weighted by Crippen LogP contribution is 2.13. The maximum absolute atomic E-state index is 11.7. The standard InChI is InChI=1S/C10H22N2O4S2/c1-2-11-6-4-8-18(15,16)12-10-5-3-7-17(13,14)9-10/h10-12H,2-9H2,1H3. The van der Waals surface area contributed by atoms with E-state index in [1.54, 1.807) is 0 Å². The quantitative estimate of drug-likeness (QED) is 0.617. The van der Waals surface area contributed by atoms with Crippen LogP contribution in [-0.4, -0.2) is 53.2 Å². The molecule has 0 bridgehead atoms. The first-order chi connectivity index (χ1) is 8.35. The van der Waals surface area contributed by atoms with Gasteiger partial charge >= 0.3 is 0 Å². The molecule has 1 aliphatic heterocycles. The van der Waals surface area contributed by atoms with E-state index in [0.717, 1.165) is 6.54 Å². The van der Waals surface area contributed by atoms with Crippen molar-refractivity contribution in [1.29, 1.82) is 0 Å². The molecular weight excluding hydrogens is 276 g/mol. The Labute approximate surface area is 110 Å². The molecule has 0 amide bonds.